The van der Waals surface area contributed by atoms with Gasteiger partial charge in [0.1, 0.15) is 0 Å². The van der Waals surface area contributed by atoms with E-state index in [1.165, 1.54) is 56.9 Å². The van der Waals surface area contributed by atoms with Crippen LogP contribution < -0.4 is 0 Å². The summed E-state index contributed by atoms with van der Waals surface area (Å²) in [7, 11) is -2.58. The first-order valence-corrected chi connectivity index (χ1v) is 14.8. The molecule has 1 aromatic rings. The SMILES string of the molecule is CCCCCC1CCC(CC[Si]2(F)CCC(c3ccc(C=C(F)F)cc3)CC2)CC1. The second-order valence-electron chi connectivity index (χ2n) is 9.95. The van der Waals surface area contributed by atoms with E-state index in [9.17, 15) is 8.78 Å². The minimum absolute atomic E-state index is 0.396. The molecule has 0 N–H and O–H groups in total. The van der Waals surface area contributed by atoms with E-state index >= 15 is 4.11 Å². The van der Waals surface area contributed by atoms with Crippen LogP contribution in [0.2, 0.25) is 18.1 Å². The Hall–Kier alpha value is -1.03. The summed E-state index contributed by atoms with van der Waals surface area (Å²) in [5.74, 6) is 2.10. The van der Waals surface area contributed by atoms with Crippen LogP contribution in [0.5, 0.6) is 0 Å². The van der Waals surface area contributed by atoms with Gasteiger partial charge in [-0.1, -0.05) is 89.0 Å². The van der Waals surface area contributed by atoms with Gasteiger partial charge in [0.05, 0.1) is 0 Å². The first kappa shape index (κ1) is 23.6. The van der Waals surface area contributed by atoms with E-state index in [2.05, 4.69) is 6.92 Å². The minimum atomic E-state index is -2.58. The molecular formula is C26H39F3Si. The van der Waals surface area contributed by atoms with Crippen molar-refractivity contribution >= 4 is 14.5 Å². The summed E-state index contributed by atoms with van der Waals surface area (Å²) in [4.78, 5) is 0. The summed E-state index contributed by atoms with van der Waals surface area (Å²) in [6.07, 6.45) is 13.1. The van der Waals surface area contributed by atoms with E-state index in [0.29, 0.717) is 11.5 Å². The van der Waals surface area contributed by atoms with E-state index in [4.69, 9.17) is 0 Å². The Kier molecular flexibility index (Phi) is 9.09. The van der Waals surface area contributed by atoms with Gasteiger partial charge in [0.25, 0.3) is 6.08 Å². The van der Waals surface area contributed by atoms with Crippen LogP contribution in [-0.2, 0) is 0 Å². The maximum absolute atomic E-state index is 15.6. The third-order valence-corrected chi connectivity index (χ3v) is 11.3. The van der Waals surface area contributed by atoms with Gasteiger partial charge in [0, 0.05) is 6.08 Å². The second kappa shape index (κ2) is 11.5. The van der Waals surface area contributed by atoms with Crippen molar-refractivity contribution in [1.29, 1.82) is 0 Å². The maximum atomic E-state index is 15.6. The molecule has 0 spiro atoms. The molecule has 0 atom stereocenters. The fraction of sp³-hybridized carbons (Fsp3) is 0.692. The van der Waals surface area contributed by atoms with Gasteiger partial charge in [0.2, 0.25) is 8.41 Å². The molecule has 2 aliphatic rings. The lowest BCUT2D eigenvalue weighted by Gasteiger charge is -2.34. The number of benzene rings is 1. The highest BCUT2D eigenvalue weighted by molar-refractivity contribution is 6.73. The summed E-state index contributed by atoms with van der Waals surface area (Å²) in [6.45, 7) is 2.27. The lowest BCUT2D eigenvalue weighted by molar-refractivity contribution is 0.252. The molecule has 30 heavy (non-hydrogen) atoms. The van der Waals surface area contributed by atoms with Gasteiger partial charge in [-0.3, -0.25) is 0 Å². The molecule has 0 aromatic heterocycles. The van der Waals surface area contributed by atoms with Gasteiger partial charge in [-0.15, -0.1) is 0 Å². The van der Waals surface area contributed by atoms with Crippen LogP contribution in [0.25, 0.3) is 6.08 Å². The number of hydrogen-bond donors (Lipinski definition) is 0. The van der Waals surface area contributed by atoms with Crippen LogP contribution in [0.3, 0.4) is 0 Å². The largest absolute Gasteiger partial charge is 0.314 e. The molecule has 1 aliphatic carbocycles. The van der Waals surface area contributed by atoms with E-state index < -0.39 is 14.5 Å². The van der Waals surface area contributed by atoms with E-state index in [1.807, 2.05) is 12.1 Å². The molecule has 0 nitrogen and oxygen atoms in total. The number of rotatable bonds is 9. The maximum Gasteiger partial charge on any atom is 0.270 e. The summed E-state index contributed by atoms with van der Waals surface area (Å²) in [6, 6.07) is 9.83. The van der Waals surface area contributed by atoms with Crippen LogP contribution in [0.4, 0.5) is 12.9 Å². The Morgan fingerprint density at radius 3 is 2.07 bits per heavy atom. The van der Waals surface area contributed by atoms with Gasteiger partial charge < -0.3 is 4.11 Å². The molecule has 1 saturated carbocycles. The highest BCUT2D eigenvalue weighted by Crippen LogP contribution is 2.43. The Bertz CT molecular complexity index is 649. The van der Waals surface area contributed by atoms with Crippen LogP contribution in [-0.4, -0.2) is 8.41 Å². The quantitative estimate of drug-likeness (QED) is 0.205. The fourth-order valence-corrected chi connectivity index (χ4v) is 9.07. The van der Waals surface area contributed by atoms with Crippen molar-refractivity contribution in [3.8, 4) is 0 Å². The normalized spacial score (nSPS) is 29.5. The molecule has 0 unspecified atom stereocenters. The lowest BCUT2D eigenvalue weighted by atomic mass is 9.79. The third kappa shape index (κ3) is 7.28. The zero-order valence-electron chi connectivity index (χ0n) is 18.7. The average Bonchev–Trinajstić information content (AvgIpc) is 2.74. The van der Waals surface area contributed by atoms with Gasteiger partial charge >= 0.3 is 0 Å². The monoisotopic (exact) mass is 436 g/mol. The molecule has 0 amide bonds. The molecule has 1 aromatic carbocycles. The smallest absolute Gasteiger partial charge is 0.270 e. The van der Waals surface area contributed by atoms with E-state index in [0.717, 1.165) is 55.3 Å². The van der Waals surface area contributed by atoms with Crippen molar-refractivity contribution in [2.24, 2.45) is 11.8 Å². The van der Waals surface area contributed by atoms with Crippen LogP contribution in [0.15, 0.2) is 30.3 Å². The van der Waals surface area contributed by atoms with E-state index in [-0.39, 0.29) is 0 Å². The molecular weight excluding hydrogens is 397 g/mol. The number of unbranched alkanes of at least 4 members (excludes halogenated alkanes) is 2. The minimum Gasteiger partial charge on any atom is -0.314 e. The zero-order valence-corrected chi connectivity index (χ0v) is 19.7. The Labute approximate surface area is 182 Å². The van der Waals surface area contributed by atoms with Crippen LogP contribution in [0, 0.1) is 11.8 Å². The van der Waals surface area contributed by atoms with E-state index in [1.54, 1.807) is 12.1 Å². The molecule has 0 radical (unpaired) electrons. The highest BCUT2D eigenvalue weighted by atomic mass is 28.4. The molecule has 1 saturated heterocycles. The molecule has 0 bridgehead atoms. The Balaban J connectivity index is 1.38. The topological polar surface area (TPSA) is 0 Å². The van der Waals surface area contributed by atoms with Gasteiger partial charge in [-0.25, -0.2) is 0 Å². The summed E-state index contributed by atoms with van der Waals surface area (Å²) in [5, 5.41) is 0. The van der Waals surface area contributed by atoms with Gasteiger partial charge in [0.15, 0.2) is 0 Å². The van der Waals surface area contributed by atoms with Crippen molar-refractivity contribution in [3.05, 3.63) is 41.5 Å². The molecule has 1 aliphatic heterocycles. The Morgan fingerprint density at radius 2 is 1.50 bits per heavy atom. The zero-order chi connectivity index (χ0) is 21.4. The molecule has 1 heterocycles. The van der Waals surface area contributed by atoms with Crippen molar-refractivity contribution in [2.75, 3.05) is 0 Å². The first-order valence-electron chi connectivity index (χ1n) is 12.3. The second-order valence-corrected chi connectivity index (χ2v) is 13.7. The summed E-state index contributed by atoms with van der Waals surface area (Å²) in [5.41, 5.74) is 1.72. The fourth-order valence-electron chi connectivity index (χ4n) is 5.66. The molecule has 3 rings (SSSR count). The average molecular weight is 437 g/mol. The highest BCUT2D eigenvalue weighted by Gasteiger charge is 2.39. The molecule has 168 valence electrons. The van der Waals surface area contributed by atoms with Crippen LogP contribution in [0.1, 0.15) is 94.6 Å². The summed E-state index contributed by atoms with van der Waals surface area (Å²) >= 11 is 0. The predicted molar refractivity (Wildman–Crippen MR) is 124 cm³/mol. The van der Waals surface area contributed by atoms with Crippen molar-refractivity contribution < 1.29 is 12.9 Å². The van der Waals surface area contributed by atoms with Gasteiger partial charge in [-0.05, 0) is 59.9 Å². The summed E-state index contributed by atoms with van der Waals surface area (Å²) < 4.78 is 40.3. The van der Waals surface area contributed by atoms with Crippen LogP contribution >= 0.6 is 0 Å². The van der Waals surface area contributed by atoms with Crippen molar-refractivity contribution in [2.45, 2.75) is 102 Å². The van der Waals surface area contributed by atoms with Gasteiger partial charge in [-0.2, -0.15) is 8.78 Å². The third-order valence-electron chi connectivity index (χ3n) is 7.75. The lowest BCUT2D eigenvalue weighted by Crippen LogP contribution is -2.34. The van der Waals surface area contributed by atoms with Crippen molar-refractivity contribution in [3.63, 3.8) is 0 Å². The first-order chi connectivity index (χ1) is 14.5. The number of hydrogen-bond acceptors (Lipinski definition) is 0. The van der Waals surface area contributed by atoms with Crippen molar-refractivity contribution in [1.82, 2.24) is 0 Å². The standard InChI is InChI=1S/C26H39F3Si/c1-2-3-4-5-21-6-8-22(9-7-21)14-17-30(29)18-15-25(16-19-30)24-12-10-23(11-13-24)20-26(27)28/h10-13,20-22,25H,2-9,14-19H2,1H3. The predicted octanol–water partition coefficient (Wildman–Crippen LogP) is 9.49. The molecule has 2 fully saturated rings. The number of halogens is 3. The molecule has 4 heteroatoms. The Morgan fingerprint density at radius 1 is 0.900 bits per heavy atom.